The third kappa shape index (κ3) is 4.24. The second-order valence-electron chi connectivity index (χ2n) is 8.78. The molecule has 2 aromatic rings. The van der Waals surface area contributed by atoms with Crippen molar-refractivity contribution in [2.24, 2.45) is 11.3 Å². The van der Waals surface area contributed by atoms with E-state index in [0.29, 0.717) is 29.4 Å². The fourth-order valence-electron chi connectivity index (χ4n) is 4.57. The third-order valence-electron chi connectivity index (χ3n) is 6.32. The van der Waals surface area contributed by atoms with Crippen LogP contribution in [0.5, 0.6) is 17.2 Å². The van der Waals surface area contributed by atoms with Gasteiger partial charge in [0.1, 0.15) is 6.61 Å². The van der Waals surface area contributed by atoms with Crippen LogP contribution in [0.25, 0.3) is 11.1 Å². The minimum absolute atomic E-state index is 0.0298. The first-order valence-corrected chi connectivity index (χ1v) is 10.8. The van der Waals surface area contributed by atoms with Gasteiger partial charge in [-0.1, -0.05) is 19.1 Å². The molecule has 0 amide bonds. The van der Waals surface area contributed by atoms with E-state index in [9.17, 15) is 9.59 Å². The zero-order valence-corrected chi connectivity index (χ0v) is 18.6. The molecule has 1 fully saturated rings. The number of benzene rings is 2. The predicted octanol–water partition coefficient (Wildman–Crippen LogP) is 4.70. The van der Waals surface area contributed by atoms with Gasteiger partial charge in [-0.05, 0) is 48.9 Å². The molecule has 1 heterocycles. The lowest BCUT2D eigenvalue weighted by atomic mass is 9.91. The van der Waals surface area contributed by atoms with Crippen LogP contribution in [-0.4, -0.2) is 37.9 Å². The number of esters is 1. The molecule has 2 aromatic carbocycles. The van der Waals surface area contributed by atoms with E-state index >= 15 is 0 Å². The Labute approximate surface area is 187 Å². The van der Waals surface area contributed by atoms with Gasteiger partial charge in [-0.15, -0.1) is 0 Å². The summed E-state index contributed by atoms with van der Waals surface area (Å²) in [6.45, 7) is 2.64. The summed E-state index contributed by atoms with van der Waals surface area (Å²) < 4.78 is 22.8. The summed E-state index contributed by atoms with van der Waals surface area (Å²) in [5, 5.41) is 9.10. The largest absolute Gasteiger partial charge is 0.493 e. The summed E-state index contributed by atoms with van der Waals surface area (Å²) in [6, 6.07) is 9.26. The van der Waals surface area contributed by atoms with Crippen molar-refractivity contribution in [1.82, 2.24) is 0 Å². The van der Waals surface area contributed by atoms with Crippen molar-refractivity contribution in [3.63, 3.8) is 0 Å². The lowest BCUT2D eigenvalue weighted by molar-refractivity contribution is -0.138. The number of carbonyl (C=O) groups excluding carboxylic acids is 1. The van der Waals surface area contributed by atoms with Gasteiger partial charge in [0.25, 0.3) is 0 Å². The highest BCUT2D eigenvalue weighted by Crippen LogP contribution is 2.53. The first-order valence-electron chi connectivity index (χ1n) is 10.8. The van der Waals surface area contributed by atoms with Gasteiger partial charge >= 0.3 is 11.9 Å². The van der Waals surface area contributed by atoms with E-state index < -0.39 is 5.97 Å². The number of hydrogen-bond acceptors (Lipinski definition) is 6. The molecule has 1 N–H and O–H groups in total. The summed E-state index contributed by atoms with van der Waals surface area (Å²) in [6.07, 6.45) is 2.95. The Kier molecular flexibility index (Phi) is 6.00. The van der Waals surface area contributed by atoms with Gasteiger partial charge in [-0.2, -0.15) is 0 Å². The van der Waals surface area contributed by atoms with E-state index in [1.807, 2.05) is 31.2 Å². The number of aliphatic carboxylic acids is 1. The van der Waals surface area contributed by atoms with E-state index in [-0.39, 0.29) is 30.3 Å². The van der Waals surface area contributed by atoms with Gasteiger partial charge in [-0.25, -0.2) is 4.79 Å². The molecule has 1 atom stereocenters. The molecule has 170 valence electrons. The number of methoxy groups -OCH3 is 2. The minimum atomic E-state index is -0.777. The zero-order chi connectivity index (χ0) is 22.9. The van der Waals surface area contributed by atoms with Crippen molar-refractivity contribution in [1.29, 1.82) is 0 Å². The SMILES string of the molecule is COc1ccc(-c2cccc3c2COC3=O)c(OCC2(CC(C)CC(=O)O)CC2)c1OC. The molecular formula is C25H28O7. The van der Waals surface area contributed by atoms with Crippen LogP contribution in [0.15, 0.2) is 30.3 Å². The number of carboxylic acids is 1. The molecule has 0 bridgehead atoms. The highest BCUT2D eigenvalue weighted by molar-refractivity contribution is 5.96. The standard InChI is InChI=1S/C25H28O7/c1-15(11-21(26)27)12-25(9-10-25)14-32-22-17(7-8-20(29-2)23(22)30-3)16-5-4-6-18-19(16)13-31-24(18)28/h4-8,15H,9-14H2,1-3H3,(H,26,27). The quantitative estimate of drug-likeness (QED) is 0.535. The van der Waals surface area contributed by atoms with Gasteiger partial charge < -0.3 is 24.1 Å². The lowest BCUT2D eigenvalue weighted by Crippen LogP contribution is -2.18. The van der Waals surface area contributed by atoms with Gasteiger partial charge in [0.2, 0.25) is 5.75 Å². The fraction of sp³-hybridized carbons (Fsp3) is 0.440. The van der Waals surface area contributed by atoms with E-state index in [4.69, 9.17) is 24.1 Å². The first kappa shape index (κ1) is 22.0. The molecule has 7 heteroatoms. The molecule has 0 spiro atoms. The number of hydrogen-bond donors (Lipinski definition) is 1. The molecule has 32 heavy (non-hydrogen) atoms. The lowest BCUT2D eigenvalue weighted by Gasteiger charge is -2.23. The van der Waals surface area contributed by atoms with Crippen molar-refractivity contribution in [3.8, 4) is 28.4 Å². The minimum Gasteiger partial charge on any atom is -0.493 e. The molecule has 1 aliphatic carbocycles. The van der Waals surface area contributed by atoms with Crippen LogP contribution in [0.4, 0.5) is 0 Å². The molecule has 0 saturated heterocycles. The maximum absolute atomic E-state index is 12.1. The number of carbonyl (C=O) groups is 2. The van der Waals surface area contributed by atoms with Crippen molar-refractivity contribution in [3.05, 3.63) is 41.5 Å². The number of carboxylic acid groups (broad SMARTS) is 1. The summed E-state index contributed by atoms with van der Waals surface area (Å²) >= 11 is 0. The van der Waals surface area contributed by atoms with Crippen LogP contribution in [0.3, 0.4) is 0 Å². The highest BCUT2D eigenvalue weighted by atomic mass is 16.5. The number of rotatable bonds is 10. The normalized spacial score (nSPS) is 16.7. The van der Waals surface area contributed by atoms with Crippen molar-refractivity contribution in [2.75, 3.05) is 20.8 Å². The van der Waals surface area contributed by atoms with Gasteiger partial charge in [0.15, 0.2) is 11.5 Å². The maximum atomic E-state index is 12.1. The van der Waals surface area contributed by atoms with Crippen LogP contribution in [0.2, 0.25) is 0 Å². The number of ether oxygens (including phenoxy) is 4. The first-order chi connectivity index (χ1) is 15.4. The van der Waals surface area contributed by atoms with Crippen molar-refractivity contribution in [2.45, 2.75) is 39.2 Å². The van der Waals surface area contributed by atoms with Gasteiger partial charge in [0, 0.05) is 23.0 Å². The van der Waals surface area contributed by atoms with Gasteiger partial charge in [-0.3, -0.25) is 4.79 Å². The van der Waals surface area contributed by atoms with Crippen LogP contribution in [0, 0.1) is 11.3 Å². The van der Waals surface area contributed by atoms with E-state index in [1.54, 1.807) is 20.3 Å². The second kappa shape index (κ2) is 8.73. The molecule has 4 rings (SSSR count). The Morgan fingerprint density at radius 3 is 2.50 bits per heavy atom. The fourth-order valence-corrected chi connectivity index (χ4v) is 4.57. The van der Waals surface area contributed by atoms with Crippen molar-refractivity contribution >= 4 is 11.9 Å². The molecule has 0 aromatic heterocycles. The molecule has 1 saturated carbocycles. The van der Waals surface area contributed by atoms with Crippen molar-refractivity contribution < 1.29 is 33.6 Å². The third-order valence-corrected chi connectivity index (χ3v) is 6.32. The van der Waals surface area contributed by atoms with E-state index in [0.717, 1.165) is 36.0 Å². The number of fused-ring (bicyclic) bond motifs is 1. The van der Waals surface area contributed by atoms with Crippen LogP contribution in [-0.2, 0) is 16.1 Å². The summed E-state index contributed by atoms with van der Waals surface area (Å²) in [5.41, 5.74) is 3.01. The Morgan fingerprint density at radius 2 is 1.84 bits per heavy atom. The Morgan fingerprint density at radius 1 is 1.09 bits per heavy atom. The van der Waals surface area contributed by atoms with Gasteiger partial charge in [0.05, 0.1) is 26.4 Å². The molecule has 7 nitrogen and oxygen atoms in total. The molecule has 0 radical (unpaired) electrons. The Balaban J connectivity index is 1.67. The topological polar surface area (TPSA) is 91.3 Å². The summed E-state index contributed by atoms with van der Waals surface area (Å²) in [7, 11) is 3.14. The highest BCUT2D eigenvalue weighted by Gasteiger charge is 2.45. The average Bonchev–Trinajstić information content (AvgIpc) is 3.42. The summed E-state index contributed by atoms with van der Waals surface area (Å²) in [4.78, 5) is 23.1. The Hall–Kier alpha value is -3.22. The molecular weight excluding hydrogens is 412 g/mol. The molecule has 1 unspecified atom stereocenters. The predicted molar refractivity (Wildman–Crippen MR) is 117 cm³/mol. The zero-order valence-electron chi connectivity index (χ0n) is 18.6. The van der Waals surface area contributed by atoms with Crippen LogP contribution < -0.4 is 14.2 Å². The van der Waals surface area contributed by atoms with Crippen LogP contribution in [0.1, 0.15) is 48.5 Å². The maximum Gasteiger partial charge on any atom is 0.338 e. The number of cyclic esters (lactones) is 1. The van der Waals surface area contributed by atoms with E-state index in [1.165, 1.54) is 0 Å². The average molecular weight is 440 g/mol. The summed E-state index contributed by atoms with van der Waals surface area (Å²) in [5.74, 6) is 0.565. The molecule has 2 aliphatic rings. The van der Waals surface area contributed by atoms with Crippen LogP contribution >= 0.6 is 0 Å². The second-order valence-corrected chi connectivity index (χ2v) is 8.78. The monoisotopic (exact) mass is 440 g/mol. The Bertz CT molecular complexity index is 1040. The molecule has 1 aliphatic heterocycles. The van der Waals surface area contributed by atoms with E-state index in [2.05, 4.69) is 0 Å². The smallest absolute Gasteiger partial charge is 0.338 e.